The van der Waals surface area contributed by atoms with Crippen molar-refractivity contribution in [2.24, 2.45) is 0 Å². The lowest BCUT2D eigenvalue weighted by atomic mass is 10.0. The number of aliphatic hydroxyl groups excluding tert-OH is 1. The van der Waals surface area contributed by atoms with E-state index in [4.69, 9.17) is 0 Å². The first-order valence-electron chi connectivity index (χ1n) is 12.9. The third kappa shape index (κ3) is 5.45. The standard InChI is InChI=1S/C25H28F5N5O3S/c1-11(25(28,29)30)32-18-9-14(21(26)27)15(10-31-18)20-19(24(38)35-12-5-6-13(35)8-7-12)34-23(39-20)22(37)33-16-3-2-4-17(16)36/h9-13,16-17,21,36H,2-8H2,1H3,(H,31,32)(H,33,37)/t11-,12?,13?,16-,17-/m0/s1. The number of carbonyl (C=O) groups excluding carboxylic acids is 2. The Morgan fingerprint density at radius 3 is 2.36 bits per heavy atom. The summed E-state index contributed by atoms with van der Waals surface area (Å²) in [6.07, 6.45) is -2.33. The molecule has 2 aromatic heterocycles. The van der Waals surface area contributed by atoms with E-state index in [-0.39, 0.29) is 33.2 Å². The van der Waals surface area contributed by atoms with Gasteiger partial charge in [0.2, 0.25) is 0 Å². The molecule has 0 radical (unpaired) electrons. The molecule has 3 aliphatic rings. The summed E-state index contributed by atoms with van der Waals surface area (Å²) in [6, 6.07) is -1.69. The number of nitrogens with zero attached hydrogens (tertiary/aromatic N) is 3. The average molecular weight is 574 g/mol. The molecule has 1 aliphatic carbocycles. The van der Waals surface area contributed by atoms with Gasteiger partial charge in [0.1, 0.15) is 17.6 Å². The van der Waals surface area contributed by atoms with Gasteiger partial charge in [0.15, 0.2) is 5.01 Å². The summed E-state index contributed by atoms with van der Waals surface area (Å²) in [5.41, 5.74) is -0.978. The van der Waals surface area contributed by atoms with Crippen molar-refractivity contribution in [3.05, 3.63) is 28.5 Å². The number of alkyl halides is 5. The molecule has 0 unspecified atom stereocenters. The number of thiazole rings is 1. The van der Waals surface area contributed by atoms with Crippen LogP contribution in [0.3, 0.4) is 0 Å². The Kier molecular flexibility index (Phi) is 7.53. The first kappa shape index (κ1) is 27.7. The van der Waals surface area contributed by atoms with Gasteiger partial charge in [0, 0.05) is 29.4 Å². The highest BCUT2D eigenvalue weighted by Gasteiger charge is 2.44. The molecule has 2 aromatic rings. The van der Waals surface area contributed by atoms with Crippen LogP contribution in [0.15, 0.2) is 12.3 Å². The number of fused-ring (bicyclic) bond motifs is 2. The van der Waals surface area contributed by atoms with Crippen molar-refractivity contribution >= 4 is 29.0 Å². The molecule has 8 nitrogen and oxygen atoms in total. The second kappa shape index (κ2) is 10.6. The van der Waals surface area contributed by atoms with Crippen LogP contribution in [0.5, 0.6) is 0 Å². The molecule has 1 saturated carbocycles. The Morgan fingerprint density at radius 1 is 1.13 bits per heavy atom. The molecule has 4 heterocycles. The number of anilines is 1. The summed E-state index contributed by atoms with van der Waals surface area (Å²) in [4.78, 5) is 36.6. The average Bonchev–Trinajstić information content (AvgIpc) is 3.67. The van der Waals surface area contributed by atoms with E-state index in [1.807, 2.05) is 0 Å². The van der Waals surface area contributed by atoms with E-state index in [1.54, 1.807) is 4.90 Å². The Morgan fingerprint density at radius 2 is 1.79 bits per heavy atom. The van der Waals surface area contributed by atoms with Crippen LogP contribution < -0.4 is 10.6 Å². The fraction of sp³-hybridized carbons (Fsp3) is 0.600. The minimum Gasteiger partial charge on any atom is -0.391 e. The number of amides is 2. The van der Waals surface area contributed by atoms with Gasteiger partial charge in [-0.15, -0.1) is 11.3 Å². The van der Waals surface area contributed by atoms with Crippen molar-refractivity contribution in [3.63, 3.8) is 0 Å². The summed E-state index contributed by atoms with van der Waals surface area (Å²) < 4.78 is 67.4. The predicted molar refractivity (Wildman–Crippen MR) is 133 cm³/mol. The molecular weight excluding hydrogens is 545 g/mol. The molecule has 0 aromatic carbocycles. The number of nitrogens with one attached hydrogen (secondary N) is 2. The van der Waals surface area contributed by atoms with Crippen molar-refractivity contribution in [1.29, 1.82) is 0 Å². The molecule has 39 heavy (non-hydrogen) atoms. The maximum atomic E-state index is 14.2. The Bertz CT molecular complexity index is 1240. The molecule has 0 spiro atoms. The largest absolute Gasteiger partial charge is 0.408 e. The Labute approximate surface area is 225 Å². The van der Waals surface area contributed by atoms with Gasteiger partial charge in [-0.1, -0.05) is 0 Å². The summed E-state index contributed by atoms with van der Waals surface area (Å²) in [5.74, 6) is -1.51. The number of hydrogen-bond donors (Lipinski definition) is 3. The van der Waals surface area contributed by atoms with Crippen LogP contribution >= 0.6 is 11.3 Å². The molecule has 14 heteroatoms. The van der Waals surface area contributed by atoms with Gasteiger partial charge in [0.05, 0.1) is 17.0 Å². The summed E-state index contributed by atoms with van der Waals surface area (Å²) >= 11 is 0.745. The van der Waals surface area contributed by atoms with Crippen LogP contribution in [-0.4, -0.2) is 68.2 Å². The van der Waals surface area contributed by atoms with E-state index < -0.39 is 54.0 Å². The van der Waals surface area contributed by atoms with Gasteiger partial charge in [-0.3, -0.25) is 9.59 Å². The van der Waals surface area contributed by atoms with E-state index in [0.717, 1.165) is 62.6 Å². The highest BCUT2D eigenvalue weighted by molar-refractivity contribution is 7.17. The topological polar surface area (TPSA) is 107 Å². The van der Waals surface area contributed by atoms with Gasteiger partial charge < -0.3 is 20.6 Å². The zero-order chi connectivity index (χ0) is 28.1. The van der Waals surface area contributed by atoms with Crippen molar-refractivity contribution in [1.82, 2.24) is 20.2 Å². The van der Waals surface area contributed by atoms with Gasteiger partial charge in [0.25, 0.3) is 18.2 Å². The third-order valence-electron chi connectivity index (χ3n) is 7.78. The maximum absolute atomic E-state index is 14.2. The first-order chi connectivity index (χ1) is 18.4. The van der Waals surface area contributed by atoms with Crippen molar-refractivity contribution in [3.8, 4) is 10.4 Å². The minimum absolute atomic E-state index is 0.00152. The van der Waals surface area contributed by atoms with E-state index in [1.165, 1.54) is 0 Å². The normalized spacial score (nSPS) is 25.4. The van der Waals surface area contributed by atoms with Crippen molar-refractivity contribution in [2.75, 3.05) is 5.32 Å². The SMILES string of the molecule is C[C@H](Nc1cc(C(F)F)c(-c2sc(C(=O)N[C@H]3CCC[C@@H]3O)nc2C(=O)N2C3CCC2CC3)cn1)C(F)(F)F. The number of aliphatic hydroxyl groups is 1. The van der Waals surface area contributed by atoms with E-state index >= 15 is 0 Å². The fourth-order valence-corrected chi connectivity index (χ4v) is 6.67. The second-order valence-electron chi connectivity index (χ2n) is 10.3. The summed E-state index contributed by atoms with van der Waals surface area (Å²) in [6.45, 7) is 0.841. The Balaban J connectivity index is 1.53. The number of halogens is 5. The van der Waals surface area contributed by atoms with E-state index in [0.29, 0.717) is 12.8 Å². The van der Waals surface area contributed by atoms with Gasteiger partial charge in [-0.05, 0) is 57.9 Å². The molecule has 3 N–H and O–H groups in total. The lowest BCUT2D eigenvalue weighted by molar-refractivity contribution is -0.138. The molecule has 5 rings (SSSR count). The van der Waals surface area contributed by atoms with Crippen LogP contribution in [0.2, 0.25) is 0 Å². The highest BCUT2D eigenvalue weighted by Crippen LogP contribution is 2.42. The highest BCUT2D eigenvalue weighted by atomic mass is 32.1. The monoisotopic (exact) mass is 573 g/mol. The third-order valence-corrected chi connectivity index (χ3v) is 8.87. The predicted octanol–water partition coefficient (Wildman–Crippen LogP) is 4.92. The lowest BCUT2D eigenvalue weighted by Gasteiger charge is -2.22. The zero-order valence-corrected chi connectivity index (χ0v) is 21.8. The second-order valence-corrected chi connectivity index (χ2v) is 11.3. The van der Waals surface area contributed by atoms with Crippen LogP contribution in [0, 0.1) is 0 Å². The summed E-state index contributed by atoms with van der Waals surface area (Å²) in [5, 5.41) is 14.8. The van der Waals surface area contributed by atoms with E-state index in [9.17, 15) is 36.6 Å². The van der Waals surface area contributed by atoms with Crippen LogP contribution in [0.25, 0.3) is 10.4 Å². The summed E-state index contributed by atoms with van der Waals surface area (Å²) in [7, 11) is 0. The van der Waals surface area contributed by atoms with Gasteiger partial charge in [-0.2, -0.15) is 13.2 Å². The molecule has 212 valence electrons. The zero-order valence-electron chi connectivity index (χ0n) is 21.0. The molecular formula is C25H28F5N5O3S. The molecule has 3 atom stereocenters. The van der Waals surface area contributed by atoms with Crippen molar-refractivity contribution in [2.45, 2.75) is 94.7 Å². The van der Waals surface area contributed by atoms with Gasteiger partial charge >= 0.3 is 6.18 Å². The molecule has 2 aliphatic heterocycles. The fourth-order valence-electron chi connectivity index (χ4n) is 5.67. The van der Waals surface area contributed by atoms with Crippen LogP contribution in [0.1, 0.15) is 84.1 Å². The molecule has 3 fully saturated rings. The van der Waals surface area contributed by atoms with E-state index in [2.05, 4.69) is 20.6 Å². The number of pyridine rings is 1. The number of carbonyl (C=O) groups is 2. The smallest absolute Gasteiger partial charge is 0.391 e. The maximum Gasteiger partial charge on any atom is 0.408 e. The first-order valence-corrected chi connectivity index (χ1v) is 13.7. The minimum atomic E-state index is -4.62. The number of rotatable bonds is 7. The Hall–Kier alpha value is -2.87. The van der Waals surface area contributed by atoms with Gasteiger partial charge in [-0.25, -0.2) is 18.7 Å². The van der Waals surface area contributed by atoms with Crippen LogP contribution in [0.4, 0.5) is 27.8 Å². The van der Waals surface area contributed by atoms with Crippen molar-refractivity contribution < 1.29 is 36.6 Å². The number of aromatic nitrogens is 2. The lowest BCUT2D eigenvalue weighted by Crippen LogP contribution is -2.40. The number of hydrogen-bond acceptors (Lipinski definition) is 7. The molecule has 2 bridgehead atoms. The molecule has 2 saturated heterocycles. The van der Waals surface area contributed by atoms with Crippen LogP contribution in [-0.2, 0) is 0 Å². The molecule has 2 amide bonds. The quantitative estimate of drug-likeness (QED) is 0.406.